The van der Waals surface area contributed by atoms with Crippen LogP contribution < -0.4 is 21.3 Å². The molecule has 0 saturated carbocycles. The van der Waals surface area contributed by atoms with Crippen LogP contribution in [-0.2, 0) is 0 Å². The Morgan fingerprint density at radius 1 is 1.27 bits per heavy atom. The number of H-pyrrole nitrogens is 2. The minimum absolute atomic E-state index is 0.106. The molecule has 1 aromatic carbocycles. The van der Waals surface area contributed by atoms with E-state index in [-0.39, 0.29) is 27.0 Å². The standard InChI is InChI=1S/C13H11Cl2N3O4/c1-2-22-10-7(14)3-6(4-8(10)15)11(19)17-9-5-16-13(21)18-12(9)20/h3-5H,2H2,1H3,(H,17,19)(H2,16,18,20,21). The molecule has 2 aromatic rings. The predicted octanol–water partition coefficient (Wildman–Crippen LogP) is 2.02. The molecular formula is C13H11Cl2N3O4. The molecule has 0 unspecified atom stereocenters. The van der Waals surface area contributed by atoms with E-state index >= 15 is 0 Å². The quantitative estimate of drug-likeness (QED) is 0.789. The lowest BCUT2D eigenvalue weighted by Gasteiger charge is -2.10. The summed E-state index contributed by atoms with van der Waals surface area (Å²) >= 11 is 12.0. The molecule has 0 radical (unpaired) electrons. The number of amides is 1. The van der Waals surface area contributed by atoms with Gasteiger partial charge in [0.1, 0.15) is 5.69 Å². The van der Waals surface area contributed by atoms with Crippen LogP contribution in [0.2, 0.25) is 10.0 Å². The van der Waals surface area contributed by atoms with Crippen molar-refractivity contribution in [3.8, 4) is 5.75 Å². The van der Waals surface area contributed by atoms with E-state index in [9.17, 15) is 14.4 Å². The number of ether oxygens (including phenoxy) is 1. The number of rotatable bonds is 4. The highest BCUT2D eigenvalue weighted by Crippen LogP contribution is 2.34. The molecule has 1 aromatic heterocycles. The van der Waals surface area contributed by atoms with Crippen molar-refractivity contribution in [2.24, 2.45) is 0 Å². The smallest absolute Gasteiger partial charge is 0.325 e. The van der Waals surface area contributed by atoms with E-state index in [1.807, 2.05) is 4.98 Å². The summed E-state index contributed by atoms with van der Waals surface area (Å²) in [5, 5.41) is 2.70. The molecule has 0 aliphatic carbocycles. The molecular weight excluding hydrogens is 333 g/mol. The van der Waals surface area contributed by atoms with Crippen molar-refractivity contribution in [3.63, 3.8) is 0 Å². The molecule has 0 fully saturated rings. The highest BCUT2D eigenvalue weighted by atomic mass is 35.5. The van der Waals surface area contributed by atoms with Crippen molar-refractivity contribution in [2.45, 2.75) is 6.92 Å². The maximum Gasteiger partial charge on any atom is 0.325 e. The Kier molecular flexibility index (Phi) is 4.89. The van der Waals surface area contributed by atoms with Gasteiger partial charge < -0.3 is 15.0 Å². The van der Waals surface area contributed by atoms with Gasteiger partial charge in [-0.1, -0.05) is 23.2 Å². The third kappa shape index (κ3) is 3.49. The van der Waals surface area contributed by atoms with E-state index in [0.29, 0.717) is 6.61 Å². The maximum atomic E-state index is 12.1. The Labute approximate surface area is 134 Å². The zero-order chi connectivity index (χ0) is 16.3. The van der Waals surface area contributed by atoms with Crippen LogP contribution >= 0.6 is 23.2 Å². The Morgan fingerprint density at radius 3 is 2.45 bits per heavy atom. The van der Waals surface area contributed by atoms with Gasteiger partial charge in [0.15, 0.2) is 5.75 Å². The lowest BCUT2D eigenvalue weighted by atomic mass is 10.2. The zero-order valence-electron chi connectivity index (χ0n) is 11.3. The van der Waals surface area contributed by atoms with Crippen LogP contribution in [-0.4, -0.2) is 22.5 Å². The number of carbonyl (C=O) groups excluding carboxylic acids is 1. The molecule has 22 heavy (non-hydrogen) atoms. The summed E-state index contributed by atoms with van der Waals surface area (Å²) in [6.45, 7) is 2.15. The minimum atomic E-state index is -0.722. The molecule has 0 saturated heterocycles. The average molecular weight is 344 g/mol. The highest BCUT2D eigenvalue weighted by molar-refractivity contribution is 6.37. The van der Waals surface area contributed by atoms with Crippen molar-refractivity contribution < 1.29 is 9.53 Å². The van der Waals surface area contributed by atoms with Gasteiger partial charge in [-0.15, -0.1) is 0 Å². The number of aromatic amines is 2. The number of anilines is 1. The molecule has 7 nitrogen and oxygen atoms in total. The van der Waals surface area contributed by atoms with Gasteiger partial charge in [0, 0.05) is 11.8 Å². The topological polar surface area (TPSA) is 104 Å². The largest absolute Gasteiger partial charge is 0.491 e. The van der Waals surface area contributed by atoms with Crippen LogP contribution in [0.15, 0.2) is 27.9 Å². The van der Waals surface area contributed by atoms with E-state index in [0.717, 1.165) is 6.20 Å². The number of hydrogen-bond donors (Lipinski definition) is 3. The third-order valence-electron chi connectivity index (χ3n) is 2.62. The van der Waals surface area contributed by atoms with E-state index < -0.39 is 17.2 Å². The van der Waals surface area contributed by atoms with Crippen LogP contribution in [0.25, 0.3) is 0 Å². The van der Waals surface area contributed by atoms with E-state index in [4.69, 9.17) is 27.9 Å². The molecule has 2 rings (SSSR count). The molecule has 0 aliphatic rings. The van der Waals surface area contributed by atoms with Gasteiger partial charge in [-0.25, -0.2) is 4.79 Å². The summed E-state index contributed by atoms with van der Waals surface area (Å²) < 4.78 is 5.26. The van der Waals surface area contributed by atoms with Gasteiger partial charge in [0.2, 0.25) is 0 Å². The van der Waals surface area contributed by atoms with Crippen molar-refractivity contribution in [1.82, 2.24) is 9.97 Å². The van der Waals surface area contributed by atoms with Crippen LogP contribution in [0, 0.1) is 0 Å². The second-order valence-corrected chi connectivity index (χ2v) is 4.96. The number of hydrogen-bond acceptors (Lipinski definition) is 4. The van der Waals surface area contributed by atoms with Gasteiger partial charge in [-0.3, -0.25) is 14.6 Å². The molecule has 1 heterocycles. The van der Waals surface area contributed by atoms with Crippen LogP contribution in [0.5, 0.6) is 5.75 Å². The fourth-order valence-electron chi connectivity index (χ4n) is 1.67. The minimum Gasteiger partial charge on any atom is -0.491 e. The fraction of sp³-hybridized carbons (Fsp3) is 0.154. The summed E-state index contributed by atoms with van der Waals surface area (Å²) in [5.41, 5.74) is -1.36. The maximum absolute atomic E-state index is 12.1. The van der Waals surface area contributed by atoms with Crippen LogP contribution in [0.4, 0.5) is 5.69 Å². The first kappa shape index (κ1) is 16.1. The van der Waals surface area contributed by atoms with Gasteiger partial charge >= 0.3 is 5.69 Å². The van der Waals surface area contributed by atoms with E-state index in [1.165, 1.54) is 12.1 Å². The summed E-state index contributed by atoms with van der Waals surface area (Å²) in [6, 6.07) is 2.74. The number of aromatic nitrogens is 2. The second-order valence-electron chi connectivity index (χ2n) is 4.14. The first-order valence-electron chi connectivity index (χ1n) is 6.17. The van der Waals surface area contributed by atoms with Crippen molar-refractivity contribution in [2.75, 3.05) is 11.9 Å². The molecule has 116 valence electrons. The third-order valence-corrected chi connectivity index (χ3v) is 3.18. The summed E-state index contributed by atoms with van der Waals surface area (Å²) in [4.78, 5) is 38.8. The van der Waals surface area contributed by atoms with Gasteiger partial charge in [-0.2, -0.15) is 0 Å². The summed E-state index contributed by atoms with van der Waals surface area (Å²) in [6.07, 6.45) is 1.09. The number of nitrogens with one attached hydrogen (secondary N) is 3. The highest BCUT2D eigenvalue weighted by Gasteiger charge is 2.15. The van der Waals surface area contributed by atoms with Crippen molar-refractivity contribution in [3.05, 3.63) is 54.8 Å². The second kappa shape index (κ2) is 6.67. The van der Waals surface area contributed by atoms with Gasteiger partial charge in [0.05, 0.1) is 16.7 Å². The van der Waals surface area contributed by atoms with Crippen molar-refractivity contribution >= 4 is 34.8 Å². The molecule has 0 bridgehead atoms. The molecule has 0 spiro atoms. The van der Waals surface area contributed by atoms with E-state index in [2.05, 4.69) is 10.3 Å². The van der Waals surface area contributed by atoms with Crippen LogP contribution in [0.1, 0.15) is 17.3 Å². The Hall–Kier alpha value is -2.25. The first-order valence-corrected chi connectivity index (χ1v) is 6.93. The Balaban J connectivity index is 2.30. The Morgan fingerprint density at radius 2 is 1.91 bits per heavy atom. The number of carbonyl (C=O) groups is 1. The zero-order valence-corrected chi connectivity index (χ0v) is 12.8. The fourth-order valence-corrected chi connectivity index (χ4v) is 2.27. The SMILES string of the molecule is CCOc1c(Cl)cc(C(=O)Nc2c[nH]c(=O)[nH]c2=O)cc1Cl. The number of benzene rings is 1. The lowest BCUT2D eigenvalue weighted by Crippen LogP contribution is -2.26. The summed E-state index contributed by atoms with van der Waals surface area (Å²) in [5.74, 6) is -0.325. The first-order chi connectivity index (χ1) is 10.4. The molecule has 0 atom stereocenters. The molecule has 0 aliphatic heterocycles. The molecule has 1 amide bonds. The van der Waals surface area contributed by atoms with Crippen molar-refractivity contribution in [1.29, 1.82) is 0 Å². The molecule has 9 heteroatoms. The average Bonchev–Trinajstić information content (AvgIpc) is 2.45. The van der Waals surface area contributed by atoms with Gasteiger partial charge in [-0.05, 0) is 19.1 Å². The van der Waals surface area contributed by atoms with Crippen LogP contribution in [0.3, 0.4) is 0 Å². The lowest BCUT2D eigenvalue weighted by molar-refractivity contribution is 0.102. The molecule has 3 N–H and O–H groups in total. The number of halogens is 2. The normalized spacial score (nSPS) is 10.3. The summed E-state index contributed by atoms with van der Waals surface area (Å²) in [7, 11) is 0. The Bertz CT molecular complexity index is 806. The monoisotopic (exact) mass is 343 g/mol. The van der Waals surface area contributed by atoms with E-state index in [1.54, 1.807) is 6.92 Å². The predicted molar refractivity (Wildman–Crippen MR) is 83.3 cm³/mol. The van der Waals surface area contributed by atoms with Gasteiger partial charge in [0.25, 0.3) is 11.5 Å².